The van der Waals surface area contributed by atoms with Gasteiger partial charge in [0.25, 0.3) is 5.91 Å². The molecule has 0 bridgehead atoms. The number of aryl methyl sites for hydroxylation is 1. The number of carboxylic acid groups (broad SMARTS) is 1. The van der Waals surface area contributed by atoms with Crippen molar-refractivity contribution in [2.45, 2.75) is 25.8 Å². The molecule has 0 radical (unpaired) electrons. The Labute approximate surface area is 91.8 Å². The molecule has 16 heavy (non-hydrogen) atoms. The third-order valence-corrected chi connectivity index (χ3v) is 2.40. The van der Waals surface area contributed by atoms with Crippen molar-refractivity contribution in [2.24, 2.45) is 0 Å². The van der Waals surface area contributed by atoms with Gasteiger partial charge in [-0.05, 0) is 19.8 Å². The number of hydrogen-bond acceptors (Lipinski definition) is 4. The summed E-state index contributed by atoms with van der Waals surface area (Å²) in [5.41, 5.74) is 0.172. The fourth-order valence-electron chi connectivity index (χ4n) is 1.51. The van der Waals surface area contributed by atoms with Gasteiger partial charge in [0.15, 0.2) is 5.69 Å². The largest absolute Gasteiger partial charge is 0.480 e. The minimum absolute atomic E-state index is 0.0422. The quantitative estimate of drug-likeness (QED) is 0.812. The zero-order valence-electron chi connectivity index (χ0n) is 8.84. The van der Waals surface area contributed by atoms with Crippen LogP contribution in [0.5, 0.6) is 0 Å². The van der Waals surface area contributed by atoms with Crippen molar-refractivity contribution in [3.63, 3.8) is 0 Å². The van der Waals surface area contributed by atoms with Gasteiger partial charge in [-0.2, -0.15) is 0 Å². The highest BCUT2D eigenvalue weighted by Gasteiger charge is 2.35. The molecule has 0 saturated heterocycles. The molecule has 1 N–H and O–H groups in total. The Bertz CT molecular complexity index is 422. The van der Waals surface area contributed by atoms with E-state index in [2.05, 4.69) is 5.16 Å². The van der Waals surface area contributed by atoms with Crippen molar-refractivity contribution in [1.82, 2.24) is 10.1 Å². The Morgan fingerprint density at radius 1 is 1.62 bits per heavy atom. The molecule has 0 aliphatic heterocycles. The molecule has 1 fully saturated rings. The summed E-state index contributed by atoms with van der Waals surface area (Å²) in [5.74, 6) is -0.850. The summed E-state index contributed by atoms with van der Waals surface area (Å²) < 4.78 is 4.80. The molecule has 1 aliphatic carbocycles. The van der Waals surface area contributed by atoms with Gasteiger partial charge in [-0.3, -0.25) is 9.59 Å². The Kier molecular flexibility index (Phi) is 2.64. The summed E-state index contributed by atoms with van der Waals surface area (Å²) in [6.45, 7) is 1.40. The minimum atomic E-state index is -1.01. The zero-order valence-corrected chi connectivity index (χ0v) is 8.84. The van der Waals surface area contributed by atoms with E-state index in [4.69, 9.17) is 9.63 Å². The highest BCUT2D eigenvalue weighted by Crippen LogP contribution is 2.27. The normalized spacial score (nSPS) is 14.8. The molecule has 2 rings (SSSR count). The molecule has 1 saturated carbocycles. The Balaban J connectivity index is 2.13. The van der Waals surface area contributed by atoms with Crippen molar-refractivity contribution >= 4 is 11.9 Å². The molecule has 0 aromatic carbocycles. The molecule has 1 amide bonds. The molecule has 1 aromatic heterocycles. The molecule has 1 aliphatic rings. The summed E-state index contributed by atoms with van der Waals surface area (Å²) >= 11 is 0. The Morgan fingerprint density at radius 3 is 2.75 bits per heavy atom. The maximum absolute atomic E-state index is 11.9. The summed E-state index contributed by atoms with van der Waals surface area (Å²) in [6.07, 6.45) is 1.71. The van der Waals surface area contributed by atoms with E-state index >= 15 is 0 Å². The fraction of sp³-hybridized carbons (Fsp3) is 0.500. The maximum atomic E-state index is 11.9. The van der Waals surface area contributed by atoms with E-state index in [0.717, 1.165) is 12.8 Å². The topological polar surface area (TPSA) is 83.6 Å². The summed E-state index contributed by atoms with van der Waals surface area (Å²) in [7, 11) is 0. The number of amides is 1. The first-order valence-corrected chi connectivity index (χ1v) is 5.04. The molecule has 1 aromatic rings. The Hall–Kier alpha value is -1.85. The van der Waals surface area contributed by atoms with Gasteiger partial charge >= 0.3 is 5.97 Å². The lowest BCUT2D eigenvalue weighted by Gasteiger charge is -2.18. The van der Waals surface area contributed by atoms with Crippen LogP contribution in [0.2, 0.25) is 0 Å². The number of aliphatic carboxylic acids is 1. The van der Waals surface area contributed by atoms with E-state index in [-0.39, 0.29) is 24.2 Å². The van der Waals surface area contributed by atoms with Crippen LogP contribution in [0.4, 0.5) is 0 Å². The number of hydrogen-bond donors (Lipinski definition) is 1. The number of carbonyl (C=O) groups excluding carboxylic acids is 1. The smallest absolute Gasteiger partial charge is 0.323 e. The second kappa shape index (κ2) is 3.96. The van der Waals surface area contributed by atoms with E-state index in [1.165, 1.54) is 11.0 Å². The Morgan fingerprint density at radius 2 is 2.31 bits per heavy atom. The average Bonchev–Trinajstić information content (AvgIpc) is 2.96. The standard InChI is InChI=1S/C10H12N2O4/c1-6-4-8(11-16-6)10(15)12(5-9(13)14)7-2-3-7/h4,7H,2-3,5H2,1H3,(H,13,14). The second-order valence-electron chi connectivity index (χ2n) is 3.88. The number of carboxylic acids is 1. The van der Waals surface area contributed by atoms with Crippen LogP contribution in [-0.2, 0) is 4.79 Å². The molecule has 1 heterocycles. The van der Waals surface area contributed by atoms with E-state index < -0.39 is 5.97 Å². The van der Waals surface area contributed by atoms with Crippen LogP contribution < -0.4 is 0 Å². The summed E-state index contributed by atoms with van der Waals surface area (Å²) in [6, 6.07) is 1.56. The van der Waals surface area contributed by atoms with Crippen LogP contribution in [0.1, 0.15) is 29.1 Å². The first-order chi connectivity index (χ1) is 7.58. The van der Waals surface area contributed by atoms with Crippen molar-refractivity contribution < 1.29 is 19.2 Å². The lowest BCUT2D eigenvalue weighted by atomic mass is 10.3. The predicted molar refractivity (Wildman–Crippen MR) is 52.9 cm³/mol. The van der Waals surface area contributed by atoms with Gasteiger partial charge < -0.3 is 14.5 Å². The lowest BCUT2D eigenvalue weighted by molar-refractivity contribution is -0.137. The minimum Gasteiger partial charge on any atom is -0.480 e. The van der Waals surface area contributed by atoms with Gasteiger partial charge in [-0.25, -0.2) is 0 Å². The third-order valence-electron chi connectivity index (χ3n) is 2.40. The average molecular weight is 224 g/mol. The van der Waals surface area contributed by atoms with Gasteiger partial charge in [-0.15, -0.1) is 0 Å². The zero-order chi connectivity index (χ0) is 11.7. The van der Waals surface area contributed by atoms with Gasteiger partial charge in [0.05, 0.1) is 0 Å². The van der Waals surface area contributed by atoms with Crippen LogP contribution in [0.15, 0.2) is 10.6 Å². The highest BCUT2D eigenvalue weighted by atomic mass is 16.5. The van der Waals surface area contributed by atoms with E-state index in [1.54, 1.807) is 6.92 Å². The molecule has 0 spiro atoms. The van der Waals surface area contributed by atoms with Crippen molar-refractivity contribution in [3.05, 3.63) is 17.5 Å². The molecule has 0 unspecified atom stereocenters. The maximum Gasteiger partial charge on any atom is 0.323 e. The number of aromatic nitrogens is 1. The lowest BCUT2D eigenvalue weighted by Crippen LogP contribution is -2.37. The van der Waals surface area contributed by atoms with E-state index in [0.29, 0.717) is 5.76 Å². The van der Waals surface area contributed by atoms with E-state index in [9.17, 15) is 9.59 Å². The molecule has 86 valence electrons. The molecule has 6 nitrogen and oxygen atoms in total. The number of nitrogens with zero attached hydrogens (tertiary/aromatic N) is 2. The van der Waals surface area contributed by atoms with E-state index in [1.807, 2.05) is 0 Å². The summed E-state index contributed by atoms with van der Waals surface area (Å²) in [5, 5.41) is 12.3. The number of rotatable bonds is 4. The van der Waals surface area contributed by atoms with Crippen LogP contribution >= 0.6 is 0 Å². The molecular weight excluding hydrogens is 212 g/mol. The van der Waals surface area contributed by atoms with Gasteiger partial charge in [0.2, 0.25) is 0 Å². The van der Waals surface area contributed by atoms with Crippen LogP contribution in [0, 0.1) is 6.92 Å². The number of carbonyl (C=O) groups is 2. The third kappa shape index (κ3) is 2.21. The first kappa shape index (κ1) is 10.7. The van der Waals surface area contributed by atoms with Gasteiger partial charge in [0.1, 0.15) is 12.3 Å². The van der Waals surface area contributed by atoms with Gasteiger partial charge in [0, 0.05) is 12.1 Å². The SMILES string of the molecule is Cc1cc(C(=O)N(CC(=O)O)C2CC2)no1. The fourth-order valence-corrected chi connectivity index (χ4v) is 1.51. The summed E-state index contributed by atoms with van der Waals surface area (Å²) in [4.78, 5) is 23.9. The van der Waals surface area contributed by atoms with Gasteiger partial charge in [-0.1, -0.05) is 5.16 Å². The molecule has 6 heteroatoms. The van der Waals surface area contributed by atoms with Crippen LogP contribution in [0.3, 0.4) is 0 Å². The van der Waals surface area contributed by atoms with Crippen molar-refractivity contribution in [1.29, 1.82) is 0 Å². The second-order valence-corrected chi connectivity index (χ2v) is 3.88. The van der Waals surface area contributed by atoms with Crippen molar-refractivity contribution in [2.75, 3.05) is 6.54 Å². The van der Waals surface area contributed by atoms with Crippen LogP contribution in [-0.4, -0.2) is 39.6 Å². The predicted octanol–water partition coefficient (Wildman–Crippen LogP) is 0.672. The molecule has 0 atom stereocenters. The monoisotopic (exact) mass is 224 g/mol. The highest BCUT2D eigenvalue weighted by molar-refractivity contribution is 5.94. The van der Waals surface area contributed by atoms with Crippen molar-refractivity contribution in [3.8, 4) is 0 Å². The first-order valence-electron chi connectivity index (χ1n) is 5.04. The van der Waals surface area contributed by atoms with Crippen LogP contribution in [0.25, 0.3) is 0 Å². The molecular formula is C10H12N2O4.